The Balaban J connectivity index is 2.21. The second-order valence-electron chi connectivity index (χ2n) is 4.03. The minimum atomic E-state index is -1.15. The Hall–Kier alpha value is -2.64. The topological polar surface area (TPSA) is 102 Å². The Bertz CT molecular complexity index is 615. The van der Waals surface area contributed by atoms with Gasteiger partial charge < -0.3 is 10.4 Å². The van der Waals surface area contributed by atoms with Gasteiger partial charge in [-0.2, -0.15) is 10.2 Å². The van der Waals surface area contributed by atoms with E-state index in [4.69, 9.17) is 0 Å². The molecule has 0 saturated carbocycles. The Labute approximate surface area is 108 Å². The molecule has 19 heavy (non-hydrogen) atoms. The van der Waals surface area contributed by atoms with Crippen LogP contribution in [0.2, 0.25) is 0 Å². The first kappa shape index (κ1) is 12.8. The van der Waals surface area contributed by atoms with Crippen molar-refractivity contribution in [3.63, 3.8) is 0 Å². The first-order valence-corrected chi connectivity index (χ1v) is 5.49. The minimum Gasteiger partial charge on any atom is -0.479 e. The maximum atomic E-state index is 12.0. The molecule has 2 rings (SSSR count). The molecule has 8 heteroatoms. The lowest BCUT2D eigenvalue weighted by Gasteiger charge is -2.12. The fourth-order valence-corrected chi connectivity index (χ4v) is 1.68. The van der Waals surface area contributed by atoms with Crippen LogP contribution < -0.4 is 5.32 Å². The van der Waals surface area contributed by atoms with Gasteiger partial charge in [0.15, 0.2) is 6.04 Å². The summed E-state index contributed by atoms with van der Waals surface area (Å²) in [6.07, 6.45) is 4.42. The van der Waals surface area contributed by atoms with E-state index in [0.717, 1.165) is 0 Å². The van der Waals surface area contributed by atoms with Gasteiger partial charge in [0.2, 0.25) is 0 Å². The van der Waals surface area contributed by atoms with Gasteiger partial charge in [-0.3, -0.25) is 14.2 Å². The van der Waals surface area contributed by atoms with Crippen molar-refractivity contribution in [2.45, 2.75) is 6.04 Å². The van der Waals surface area contributed by atoms with Crippen LogP contribution in [0.4, 0.5) is 0 Å². The van der Waals surface area contributed by atoms with Crippen LogP contribution in [-0.4, -0.2) is 36.5 Å². The highest BCUT2D eigenvalue weighted by atomic mass is 16.4. The highest BCUT2D eigenvalue weighted by Gasteiger charge is 2.24. The van der Waals surface area contributed by atoms with Crippen molar-refractivity contribution in [2.24, 2.45) is 14.1 Å². The zero-order chi connectivity index (χ0) is 14.0. The molecule has 0 fully saturated rings. The van der Waals surface area contributed by atoms with E-state index in [-0.39, 0.29) is 5.69 Å². The van der Waals surface area contributed by atoms with E-state index in [1.807, 2.05) is 0 Å². The second kappa shape index (κ2) is 4.92. The molecule has 1 amide bonds. The van der Waals surface area contributed by atoms with Crippen molar-refractivity contribution >= 4 is 11.9 Å². The fourth-order valence-electron chi connectivity index (χ4n) is 1.68. The summed E-state index contributed by atoms with van der Waals surface area (Å²) < 4.78 is 2.85. The van der Waals surface area contributed by atoms with E-state index in [2.05, 4.69) is 15.5 Å². The second-order valence-corrected chi connectivity index (χ2v) is 4.03. The van der Waals surface area contributed by atoms with Gasteiger partial charge in [-0.05, 0) is 6.07 Å². The van der Waals surface area contributed by atoms with Crippen LogP contribution in [0, 0.1) is 0 Å². The molecular weight excluding hydrogens is 250 g/mol. The monoisotopic (exact) mass is 263 g/mol. The predicted molar refractivity (Wildman–Crippen MR) is 64.3 cm³/mol. The van der Waals surface area contributed by atoms with Gasteiger partial charge in [0.1, 0.15) is 5.69 Å². The summed E-state index contributed by atoms with van der Waals surface area (Å²) in [7, 11) is 3.28. The van der Waals surface area contributed by atoms with Crippen LogP contribution in [0.25, 0.3) is 0 Å². The highest BCUT2D eigenvalue weighted by molar-refractivity contribution is 5.95. The summed E-state index contributed by atoms with van der Waals surface area (Å²) >= 11 is 0. The molecule has 0 aliphatic rings. The number of rotatable bonds is 4. The number of carbonyl (C=O) groups excluding carboxylic acids is 1. The van der Waals surface area contributed by atoms with Crippen LogP contribution in [0.1, 0.15) is 22.1 Å². The molecule has 1 atom stereocenters. The summed E-state index contributed by atoms with van der Waals surface area (Å²) in [6, 6.07) is 0.369. The third-order valence-corrected chi connectivity index (χ3v) is 2.63. The molecule has 0 radical (unpaired) electrons. The number of aliphatic carboxylic acids is 1. The standard InChI is InChI=1S/C11H13N5O3/c1-15-6-7(5-13-15)9(11(18)19)14-10(17)8-3-4-12-16(8)2/h3-6,9H,1-2H3,(H,14,17)(H,18,19). The molecule has 0 aliphatic heterocycles. The smallest absolute Gasteiger partial charge is 0.331 e. The van der Waals surface area contributed by atoms with Crippen molar-refractivity contribution in [3.8, 4) is 0 Å². The average Bonchev–Trinajstić information content (AvgIpc) is 2.94. The van der Waals surface area contributed by atoms with Crippen molar-refractivity contribution in [1.29, 1.82) is 0 Å². The number of hydrogen-bond donors (Lipinski definition) is 2. The average molecular weight is 263 g/mol. The molecular formula is C11H13N5O3. The van der Waals surface area contributed by atoms with Gasteiger partial charge in [0.25, 0.3) is 5.91 Å². The number of carbonyl (C=O) groups is 2. The van der Waals surface area contributed by atoms with Crippen molar-refractivity contribution in [3.05, 3.63) is 35.9 Å². The van der Waals surface area contributed by atoms with E-state index in [1.165, 1.54) is 27.8 Å². The van der Waals surface area contributed by atoms with Crippen molar-refractivity contribution in [1.82, 2.24) is 24.9 Å². The normalized spacial score (nSPS) is 12.1. The molecule has 100 valence electrons. The summed E-state index contributed by atoms with van der Waals surface area (Å²) in [4.78, 5) is 23.2. The lowest BCUT2D eigenvalue weighted by Crippen LogP contribution is -2.34. The van der Waals surface area contributed by atoms with Gasteiger partial charge in [0.05, 0.1) is 6.20 Å². The van der Waals surface area contributed by atoms with Crippen LogP contribution in [0.15, 0.2) is 24.7 Å². The molecule has 2 heterocycles. The number of carboxylic acid groups (broad SMARTS) is 1. The molecule has 1 unspecified atom stereocenters. The highest BCUT2D eigenvalue weighted by Crippen LogP contribution is 2.13. The molecule has 8 nitrogen and oxygen atoms in total. The lowest BCUT2D eigenvalue weighted by atomic mass is 10.1. The van der Waals surface area contributed by atoms with E-state index < -0.39 is 17.9 Å². The van der Waals surface area contributed by atoms with Crippen LogP contribution in [-0.2, 0) is 18.9 Å². The number of hydrogen-bond acceptors (Lipinski definition) is 4. The SMILES string of the molecule is Cn1cc(C(NC(=O)c2ccnn2C)C(=O)O)cn1. The minimum absolute atomic E-state index is 0.287. The van der Waals surface area contributed by atoms with Crippen molar-refractivity contribution in [2.75, 3.05) is 0 Å². The summed E-state index contributed by atoms with van der Waals surface area (Å²) in [5, 5.41) is 19.4. The molecule has 0 aromatic carbocycles. The number of amides is 1. The van der Waals surface area contributed by atoms with Crippen LogP contribution in [0.3, 0.4) is 0 Å². The molecule has 0 bridgehead atoms. The Morgan fingerprint density at radius 3 is 2.58 bits per heavy atom. The third-order valence-electron chi connectivity index (χ3n) is 2.63. The first-order valence-electron chi connectivity index (χ1n) is 5.49. The Kier molecular flexibility index (Phi) is 3.32. The maximum Gasteiger partial charge on any atom is 0.331 e. The van der Waals surface area contributed by atoms with Gasteiger partial charge in [-0.1, -0.05) is 0 Å². The van der Waals surface area contributed by atoms with Crippen LogP contribution in [0.5, 0.6) is 0 Å². The van der Waals surface area contributed by atoms with Gasteiger partial charge in [0, 0.05) is 32.1 Å². The number of aryl methyl sites for hydroxylation is 2. The number of nitrogens with zero attached hydrogens (tertiary/aromatic N) is 4. The quantitative estimate of drug-likeness (QED) is 0.789. The van der Waals surface area contributed by atoms with Gasteiger partial charge in [-0.25, -0.2) is 4.79 Å². The molecule has 0 aliphatic carbocycles. The number of aromatic nitrogens is 4. The van der Waals surface area contributed by atoms with Gasteiger partial charge >= 0.3 is 5.97 Å². The largest absolute Gasteiger partial charge is 0.479 e. The van der Waals surface area contributed by atoms with Crippen molar-refractivity contribution < 1.29 is 14.7 Å². The summed E-state index contributed by atoms with van der Waals surface area (Å²) in [5.41, 5.74) is 0.695. The Morgan fingerprint density at radius 2 is 2.11 bits per heavy atom. The maximum absolute atomic E-state index is 12.0. The summed E-state index contributed by atoms with van der Waals surface area (Å²) in [6.45, 7) is 0. The van der Waals surface area contributed by atoms with E-state index in [1.54, 1.807) is 20.3 Å². The molecule has 2 aromatic heterocycles. The molecule has 0 saturated heterocycles. The zero-order valence-corrected chi connectivity index (χ0v) is 10.4. The number of nitrogens with one attached hydrogen (secondary N) is 1. The zero-order valence-electron chi connectivity index (χ0n) is 10.4. The third kappa shape index (κ3) is 2.62. The van der Waals surface area contributed by atoms with E-state index in [9.17, 15) is 14.7 Å². The summed E-state index contributed by atoms with van der Waals surface area (Å²) in [5.74, 6) is -1.65. The van der Waals surface area contributed by atoms with E-state index >= 15 is 0 Å². The number of carboxylic acids is 1. The Morgan fingerprint density at radius 1 is 1.37 bits per heavy atom. The molecule has 2 N–H and O–H groups in total. The molecule has 0 spiro atoms. The van der Waals surface area contributed by atoms with Gasteiger partial charge in [-0.15, -0.1) is 0 Å². The van der Waals surface area contributed by atoms with Crippen LogP contribution >= 0.6 is 0 Å². The fraction of sp³-hybridized carbons (Fsp3) is 0.273. The lowest BCUT2D eigenvalue weighted by molar-refractivity contribution is -0.139. The first-order chi connectivity index (χ1) is 8.99. The molecule has 2 aromatic rings. The van der Waals surface area contributed by atoms with E-state index in [0.29, 0.717) is 5.56 Å². The predicted octanol–water partition coefficient (Wildman–Crippen LogP) is -0.291.